The van der Waals surface area contributed by atoms with Crippen LogP contribution in [0.5, 0.6) is 0 Å². The fourth-order valence-electron chi connectivity index (χ4n) is 2.50. The van der Waals surface area contributed by atoms with E-state index in [0.717, 1.165) is 0 Å². The molecule has 138 valence electrons. The average molecular weight is 378 g/mol. The first-order valence-electron chi connectivity index (χ1n) is 7.99. The second-order valence-electron chi connectivity index (χ2n) is 5.68. The monoisotopic (exact) mass is 378 g/mol. The minimum absolute atomic E-state index is 0.0789. The SMILES string of the molecule is O=C(OCc1cccc(S(=O)(=O)N2CCOCC2)c1)c1ccc(=O)[nH]c1. The summed E-state index contributed by atoms with van der Waals surface area (Å²) in [6, 6.07) is 8.88. The third-order valence-corrected chi connectivity index (χ3v) is 5.79. The van der Waals surface area contributed by atoms with Crippen LogP contribution >= 0.6 is 0 Å². The number of pyridine rings is 1. The van der Waals surface area contributed by atoms with Crippen molar-refractivity contribution in [2.75, 3.05) is 26.3 Å². The van der Waals surface area contributed by atoms with Crippen LogP contribution in [0.3, 0.4) is 0 Å². The molecule has 2 heterocycles. The van der Waals surface area contributed by atoms with Crippen LogP contribution in [-0.4, -0.2) is 50.0 Å². The van der Waals surface area contributed by atoms with Crippen LogP contribution < -0.4 is 5.56 Å². The third-order valence-electron chi connectivity index (χ3n) is 3.90. The number of benzene rings is 1. The highest BCUT2D eigenvalue weighted by Gasteiger charge is 2.26. The van der Waals surface area contributed by atoms with Crippen LogP contribution in [0.1, 0.15) is 15.9 Å². The Kier molecular flexibility index (Phi) is 5.50. The summed E-state index contributed by atoms with van der Waals surface area (Å²) in [6.07, 6.45) is 1.27. The highest BCUT2D eigenvalue weighted by Crippen LogP contribution is 2.19. The molecule has 1 aliphatic heterocycles. The molecule has 1 aromatic heterocycles. The van der Waals surface area contributed by atoms with Gasteiger partial charge in [0, 0.05) is 25.4 Å². The first kappa shape index (κ1) is 18.3. The van der Waals surface area contributed by atoms with E-state index in [0.29, 0.717) is 31.9 Å². The van der Waals surface area contributed by atoms with E-state index >= 15 is 0 Å². The van der Waals surface area contributed by atoms with Gasteiger partial charge in [0.05, 0.1) is 23.7 Å². The summed E-state index contributed by atoms with van der Waals surface area (Å²) in [4.78, 5) is 25.5. The number of rotatable bonds is 5. The molecule has 0 bridgehead atoms. The minimum atomic E-state index is -3.61. The Morgan fingerprint density at radius 2 is 1.96 bits per heavy atom. The van der Waals surface area contributed by atoms with Gasteiger partial charge in [0.15, 0.2) is 0 Å². The second-order valence-corrected chi connectivity index (χ2v) is 7.62. The molecule has 9 heteroatoms. The fraction of sp³-hybridized carbons (Fsp3) is 0.294. The number of sulfonamides is 1. The van der Waals surface area contributed by atoms with E-state index < -0.39 is 16.0 Å². The number of nitrogens with zero attached hydrogens (tertiary/aromatic N) is 1. The highest BCUT2D eigenvalue weighted by atomic mass is 32.2. The number of morpholine rings is 1. The number of carbonyl (C=O) groups excluding carboxylic acids is 1. The zero-order valence-corrected chi connectivity index (χ0v) is 14.7. The number of aromatic nitrogens is 1. The van der Waals surface area contributed by atoms with Crippen LogP contribution in [0, 0.1) is 0 Å². The summed E-state index contributed by atoms with van der Waals surface area (Å²) < 4.78 is 37.1. The maximum absolute atomic E-state index is 12.7. The molecule has 3 rings (SSSR count). The number of nitrogens with one attached hydrogen (secondary N) is 1. The number of carbonyl (C=O) groups is 1. The molecular formula is C17H18N2O6S. The number of hydrogen-bond acceptors (Lipinski definition) is 6. The topological polar surface area (TPSA) is 106 Å². The second kappa shape index (κ2) is 7.81. The number of esters is 1. The van der Waals surface area contributed by atoms with Gasteiger partial charge in [0.25, 0.3) is 0 Å². The van der Waals surface area contributed by atoms with Gasteiger partial charge >= 0.3 is 5.97 Å². The van der Waals surface area contributed by atoms with Gasteiger partial charge in [0.1, 0.15) is 6.61 Å². The summed E-state index contributed by atoms with van der Waals surface area (Å²) in [5.41, 5.74) is 0.446. The summed E-state index contributed by atoms with van der Waals surface area (Å²) in [6.45, 7) is 1.29. The zero-order chi connectivity index (χ0) is 18.6. The van der Waals surface area contributed by atoms with Crippen molar-refractivity contribution in [1.82, 2.24) is 9.29 Å². The van der Waals surface area contributed by atoms with Gasteiger partial charge in [-0.15, -0.1) is 0 Å². The van der Waals surface area contributed by atoms with Crippen molar-refractivity contribution in [3.63, 3.8) is 0 Å². The fourth-order valence-corrected chi connectivity index (χ4v) is 3.98. The molecule has 0 atom stereocenters. The molecule has 0 aliphatic carbocycles. The summed E-state index contributed by atoms with van der Waals surface area (Å²) >= 11 is 0. The van der Waals surface area contributed by atoms with E-state index in [9.17, 15) is 18.0 Å². The van der Waals surface area contributed by atoms with Gasteiger partial charge in [0.2, 0.25) is 15.6 Å². The zero-order valence-electron chi connectivity index (χ0n) is 13.9. The molecule has 0 radical (unpaired) electrons. The van der Waals surface area contributed by atoms with Crippen LogP contribution in [0.15, 0.2) is 52.3 Å². The molecule has 0 saturated carbocycles. The van der Waals surface area contributed by atoms with Crippen LogP contribution in [-0.2, 0) is 26.1 Å². The molecule has 2 aromatic rings. The van der Waals surface area contributed by atoms with Gasteiger partial charge in [-0.1, -0.05) is 12.1 Å². The van der Waals surface area contributed by atoms with Crippen molar-refractivity contribution in [2.45, 2.75) is 11.5 Å². The Hall–Kier alpha value is -2.49. The molecule has 1 fully saturated rings. The van der Waals surface area contributed by atoms with Crippen molar-refractivity contribution in [3.8, 4) is 0 Å². The van der Waals surface area contributed by atoms with Crippen LogP contribution in [0.25, 0.3) is 0 Å². The molecule has 26 heavy (non-hydrogen) atoms. The van der Waals surface area contributed by atoms with Crippen LogP contribution in [0.4, 0.5) is 0 Å². The van der Waals surface area contributed by atoms with E-state index in [1.807, 2.05) is 0 Å². The van der Waals surface area contributed by atoms with E-state index in [-0.39, 0.29) is 22.6 Å². The minimum Gasteiger partial charge on any atom is -0.457 e. The molecule has 0 amide bonds. The Morgan fingerprint density at radius 1 is 1.19 bits per heavy atom. The predicted octanol–water partition coefficient (Wildman–Crippen LogP) is 0.753. The first-order chi connectivity index (χ1) is 12.5. The van der Waals surface area contributed by atoms with Gasteiger partial charge in [-0.05, 0) is 23.8 Å². The molecule has 1 saturated heterocycles. The van der Waals surface area contributed by atoms with Gasteiger partial charge in [-0.3, -0.25) is 4.79 Å². The Bertz CT molecular complexity index is 927. The van der Waals surface area contributed by atoms with Crippen molar-refractivity contribution in [1.29, 1.82) is 0 Å². The van der Waals surface area contributed by atoms with Gasteiger partial charge in [-0.25, -0.2) is 13.2 Å². The lowest BCUT2D eigenvalue weighted by Gasteiger charge is -2.26. The molecule has 0 unspecified atom stereocenters. The molecule has 0 spiro atoms. The Morgan fingerprint density at radius 3 is 2.65 bits per heavy atom. The van der Waals surface area contributed by atoms with Crippen molar-refractivity contribution in [3.05, 3.63) is 64.1 Å². The van der Waals surface area contributed by atoms with Crippen molar-refractivity contribution >= 4 is 16.0 Å². The molecule has 8 nitrogen and oxygen atoms in total. The summed E-state index contributed by atoms with van der Waals surface area (Å²) in [7, 11) is -3.61. The smallest absolute Gasteiger partial charge is 0.339 e. The maximum Gasteiger partial charge on any atom is 0.339 e. The quantitative estimate of drug-likeness (QED) is 0.770. The molecule has 1 N–H and O–H groups in total. The Balaban J connectivity index is 1.70. The third kappa shape index (κ3) is 4.18. The summed E-state index contributed by atoms with van der Waals surface area (Å²) in [5.74, 6) is -0.609. The lowest BCUT2D eigenvalue weighted by Crippen LogP contribution is -2.40. The van der Waals surface area contributed by atoms with Gasteiger partial charge in [-0.2, -0.15) is 4.31 Å². The van der Waals surface area contributed by atoms with E-state index in [4.69, 9.17) is 9.47 Å². The predicted molar refractivity (Wildman–Crippen MR) is 92.2 cm³/mol. The summed E-state index contributed by atoms with van der Waals surface area (Å²) in [5, 5.41) is 0. The maximum atomic E-state index is 12.7. The Labute approximate surface area is 150 Å². The lowest BCUT2D eigenvalue weighted by molar-refractivity contribution is 0.0472. The molecular weight excluding hydrogens is 360 g/mol. The first-order valence-corrected chi connectivity index (χ1v) is 9.43. The van der Waals surface area contributed by atoms with Crippen molar-refractivity contribution in [2.24, 2.45) is 0 Å². The average Bonchev–Trinajstić information content (AvgIpc) is 2.67. The van der Waals surface area contributed by atoms with Crippen molar-refractivity contribution < 1.29 is 22.7 Å². The van der Waals surface area contributed by atoms with Crippen LogP contribution in [0.2, 0.25) is 0 Å². The van der Waals surface area contributed by atoms with E-state index in [1.165, 1.54) is 34.8 Å². The van der Waals surface area contributed by atoms with E-state index in [1.54, 1.807) is 12.1 Å². The highest BCUT2D eigenvalue weighted by molar-refractivity contribution is 7.89. The number of hydrogen-bond donors (Lipinski definition) is 1. The largest absolute Gasteiger partial charge is 0.457 e. The van der Waals surface area contributed by atoms with E-state index in [2.05, 4.69) is 4.98 Å². The number of H-pyrrole nitrogens is 1. The normalized spacial score (nSPS) is 15.5. The standard InChI is InChI=1S/C17H18N2O6S/c20-16-5-4-14(11-18-16)17(21)25-12-13-2-1-3-15(10-13)26(22,23)19-6-8-24-9-7-19/h1-5,10-11H,6-9,12H2,(H,18,20). The lowest BCUT2D eigenvalue weighted by atomic mass is 10.2. The molecule has 1 aromatic carbocycles. The number of aromatic amines is 1. The molecule has 1 aliphatic rings. The number of ether oxygens (including phenoxy) is 2. The van der Waals surface area contributed by atoms with Gasteiger partial charge < -0.3 is 14.5 Å².